The van der Waals surface area contributed by atoms with Crippen molar-refractivity contribution in [3.8, 4) is 11.3 Å². The van der Waals surface area contributed by atoms with Gasteiger partial charge >= 0.3 is 5.76 Å². The fraction of sp³-hybridized carbons (Fsp3) is 0.0833. The molecule has 19 heavy (non-hydrogen) atoms. The molecule has 3 aromatic rings. The van der Waals surface area contributed by atoms with Crippen LogP contribution in [0.2, 0.25) is 0 Å². The number of nitrogens with zero attached hydrogens (tertiary/aromatic N) is 2. The average Bonchev–Trinajstić information content (AvgIpc) is 2.96. The Labute approximate surface area is 106 Å². The van der Waals surface area contributed by atoms with Crippen LogP contribution in [0.25, 0.3) is 22.4 Å². The number of nitrogens with one attached hydrogen (secondary N) is 1. The van der Waals surface area contributed by atoms with Gasteiger partial charge in [0, 0.05) is 12.6 Å². The van der Waals surface area contributed by atoms with E-state index in [1.807, 2.05) is 0 Å². The number of amides is 1. The van der Waals surface area contributed by atoms with Crippen molar-refractivity contribution in [1.29, 1.82) is 0 Å². The number of fused-ring (bicyclic) bond motifs is 1. The molecule has 1 aromatic carbocycles. The van der Waals surface area contributed by atoms with Crippen LogP contribution in [0.4, 0.5) is 0 Å². The van der Waals surface area contributed by atoms with Gasteiger partial charge in [0.2, 0.25) is 0 Å². The van der Waals surface area contributed by atoms with E-state index in [-0.39, 0.29) is 5.82 Å². The lowest BCUT2D eigenvalue weighted by Gasteiger charge is -1.97. The highest BCUT2D eigenvalue weighted by atomic mass is 16.4. The Kier molecular flexibility index (Phi) is 2.28. The summed E-state index contributed by atoms with van der Waals surface area (Å²) < 4.78 is 6.51. The van der Waals surface area contributed by atoms with Crippen LogP contribution in [-0.2, 0) is 7.05 Å². The van der Waals surface area contributed by atoms with Crippen LogP contribution in [0.5, 0.6) is 0 Å². The number of oxazole rings is 1. The van der Waals surface area contributed by atoms with Crippen molar-refractivity contribution in [2.75, 3.05) is 0 Å². The summed E-state index contributed by atoms with van der Waals surface area (Å²) in [5.74, 6) is -0.960. The highest BCUT2D eigenvalue weighted by Gasteiger charge is 2.10. The zero-order chi connectivity index (χ0) is 13.6. The largest absolute Gasteiger partial charge is 0.419 e. The summed E-state index contributed by atoms with van der Waals surface area (Å²) in [7, 11) is 1.63. The smallest absolute Gasteiger partial charge is 0.408 e. The number of hydrogen-bond donors (Lipinski definition) is 2. The molecule has 1 amide bonds. The van der Waals surface area contributed by atoms with Crippen LogP contribution in [-0.4, -0.2) is 20.4 Å². The minimum Gasteiger partial charge on any atom is -0.408 e. The second-order valence-electron chi connectivity index (χ2n) is 4.12. The summed E-state index contributed by atoms with van der Waals surface area (Å²) in [6.07, 6.45) is 1.50. The fourth-order valence-electron chi connectivity index (χ4n) is 1.89. The third kappa shape index (κ3) is 1.71. The molecular weight excluding hydrogens is 248 g/mol. The molecule has 0 fully saturated rings. The van der Waals surface area contributed by atoms with Gasteiger partial charge in [0.1, 0.15) is 0 Å². The van der Waals surface area contributed by atoms with E-state index in [9.17, 15) is 9.59 Å². The molecule has 2 aromatic heterocycles. The van der Waals surface area contributed by atoms with E-state index in [2.05, 4.69) is 9.97 Å². The molecule has 0 saturated carbocycles. The lowest BCUT2D eigenvalue weighted by Crippen LogP contribution is -2.12. The molecule has 7 nitrogen and oxygen atoms in total. The van der Waals surface area contributed by atoms with Gasteiger partial charge in [0.15, 0.2) is 11.4 Å². The number of rotatable bonds is 2. The summed E-state index contributed by atoms with van der Waals surface area (Å²) in [4.78, 5) is 29.0. The van der Waals surface area contributed by atoms with Gasteiger partial charge < -0.3 is 15.1 Å². The van der Waals surface area contributed by atoms with Crippen molar-refractivity contribution >= 4 is 17.0 Å². The Morgan fingerprint density at radius 1 is 1.47 bits per heavy atom. The molecule has 3 N–H and O–H groups in total. The van der Waals surface area contributed by atoms with Crippen LogP contribution in [0.1, 0.15) is 10.6 Å². The predicted molar refractivity (Wildman–Crippen MR) is 67.6 cm³/mol. The highest BCUT2D eigenvalue weighted by Crippen LogP contribution is 2.22. The number of benzene rings is 1. The molecule has 3 rings (SSSR count). The quantitative estimate of drug-likeness (QED) is 0.702. The molecule has 0 unspecified atom stereocenters. The van der Waals surface area contributed by atoms with Crippen LogP contribution in [0, 0.1) is 0 Å². The maximum atomic E-state index is 11.4. The first-order valence-electron chi connectivity index (χ1n) is 5.51. The molecule has 96 valence electrons. The van der Waals surface area contributed by atoms with Crippen molar-refractivity contribution in [1.82, 2.24) is 14.5 Å². The standard InChI is InChI=1S/C12H10N4O3/c1-16-8-3-2-6(4-9(8)19-12(16)18)7-5-14-11(15-7)10(13)17/h2-5H,1H3,(H2,13,17)(H,14,15). The number of aromatic nitrogens is 3. The van der Waals surface area contributed by atoms with Gasteiger partial charge in [-0.05, 0) is 12.1 Å². The first-order valence-corrected chi connectivity index (χ1v) is 5.51. The van der Waals surface area contributed by atoms with Crippen molar-refractivity contribution in [2.24, 2.45) is 12.8 Å². The molecule has 7 heteroatoms. The van der Waals surface area contributed by atoms with Crippen molar-refractivity contribution in [2.45, 2.75) is 0 Å². The minimum atomic E-state index is -0.626. The lowest BCUT2D eigenvalue weighted by molar-refractivity contribution is 0.0991. The maximum absolute atomic E-state index is 11.4. The summed E-state index contributed by atoms with van der Waals surface area (Å²) in [5.41, 5.74) is 7.67. The van der Waals surface area contributed by atoms with E-state index in [0.717, 1.165) is 5.56 Å². The van der Waals surface area contributed by atoms with Gasteiger partial charge in [0.25, 0.3) is 5.91 Å². The third-order valence-corrected chi connectivity index (χ3v) is 2.91. The van der Waals surface area contributed by atoms with Crippen LogP contribution < -0.4 is 11.5 Å². The second kappa shape index (κ2) is 3.84. The van der Waals surface area contributed by atoms with Crippen LogP contribution in [0.15, 0.2) is 33.6 Å². The van der Waals surface area contributed by atoms with Crippen molar-refractivity contribution < 1.29 is 9.21 Å². The summed E-state index contributed by atoms with van der Waals surface area (Å²) in [6.45, 7) is 0. The van der Waals surface area contributed by atoms with Gasteiger partial charge in [-0.15, -0.1) is 0 Å². The van der Waals surface area contributed by atoms with Gasteiger partial charge in [0.05, 0.1) is 17.4 Å². The Morgan fingerprint density at radius 3 is 2.95 bits per heavy atom. The van der Waals surface area contributed by atoms with Crippen LogP contribution >= 0.6 is 0 Å². The first-order chi connectivity index (χ1) is 9.06. The number of nitrogens with two attached hydrogens (primary N) is 1. The molecule has 0 aliphatic rings. The van der Waals surface area contributed by atoms with E-state index in [1.54, 1.807) is 25.2 Å². The Hall–Kier alpha value is -2.83. The normalized spacial score (nSPS) is 11.0. The molecule has 0 atom stereocenters. The van der Waals surface area contributed by atoms with Crippen LogP contribution in [0.3, 0.4) is 0 Å². The first kappa shape index (κ1) is 11.3. The Balaban J connectivity index is 2.14. The number of aryl methyl sites for hydroxylation is 1. The summed E-state index contributed by atoms with van der Waals surface area (Å²) >= 11 is 0. The summed E-state index contributed by atoms with van der Waals surface area (Å²) in [5, 5.41) is 0. The molecule has 0 saturated heterocycles. The van der Waals surface area contributed by atoms with E-state index in [4.69, 9.17) is 10.2 Å². The number of carbonyl (C=O) groups is 1. The number of aromatic amines is 1. The minimum absolute atomic E-state index is 0.0876. The topological polar surface area (TPSA) is 107 Å². The number of carbonyl (C=O) groups excluding carboxylic acids is 1. The van der Waals surface area contributed by atoms with E-state index < -0.39 is 11.7 Å². The number of hydrogen-bond acceptors (Lipinski definition) is 4. The van der Waals surface area contributed by atoms with Gasteiger partial charge in [-0.2, -0.15) is 0 Å². The van der Waals surface area contributed by atoms with Gasteiger partial charge in [-0.25, -0.2) is 9.78 Å². The third-order valence-electron chi connectivity index (χ3n) is 2.91. The molecule has 0 radical (unpaired) electrons. The molecule has 2 heterocycles. The van der Waals surface area contributed by atoms with E-state index in [0.29, 0.717) is 16.8 Å². The second-order valence-corrected chi connectivity index (χ2v) is 4.12. The molecular formula is C12H10N4O3. The number of H-pyrrole nitrogens is 1. The molecule has 0 aliphatic carbocycles. The van der Waals surface area contributed by atoms with Crippen molar-refractivity contribution in [3.63, 3.8) is 0 Å². The molecule has 0 aliphatic heterocycles. The lowest BCUT2D eigenvalue weighted by atomic mass is 10.1. The number of primary amides is 1. The SMILES string of the molecule is Cn1c(=O)oc2cc(-c3cnc(C(N)=O)[nH]3)ccc21. The summed E-state index contributed by atoms with van der Waals surface area (Å²) in [6, 6.07) is 5.27. The molecule has 0 bridgehead atoms. The van der Waals surface area contributed by atoms with Crippen molar-refractivity contribution in [3.05, 3.63) is 40.8 Å². The predicted octanol–water partition coefficient (Wildman–Crippen LogP) is 0.620. The van der Waals surface area contributed by atoms with E-state index >= 15 is 0 Å². The Morgan fingerprint density at radius 2 is 2.26 bits per heavy atom. The fourth-order valence-corrected chi connectivity index (χ4v) is 1.89. The monoisotopic (exact) mass is 258 g/mol. The maximum Gasteiger partial charge on any atom is 0.419 e. The van der Waals surface area contributed by atoms with Gasteiger partial charge in [-0.3, -0.25) is 9.36 Å². The van der Waals surface area contributed by atoms with Gasteiger partial charge in [-0.1, -0.05) is 6.07 Å². The average molecular weight is 258 g/mol. The zero-order valence-electron chi connectivity index (χ0n) is 10.0. The number of imidazole rings is 1. The molecule has 0 spiro atoms. The highest BCUT2D eigenvalue weighted by molar-refractivity contribution is 5.90. The zero-order valence-corrected chi connectivity index (χ0v) is 10.0. The Bertz CT molecular complexity index is 840. The van der Waals surface area contributed by atoms with E-state index in [1.165, 1.54) is 10.8 Å².